The summed E-state index contributed by atoms with van der Waals surface area (Å²) in [5, 5.41) is 2.95. The topological polar surface area (TPSA) is 3.24 Å². The lowest BCUT2D eigenvalue weighted by molar-refractivity contribution is 0.361. The van der Waals surface area contributed by atoms with Gasteiger partial charge in [-0.3, -0.25) is 4.67 Å². The van der Waals surface area contributed by atoms with Crippen molar-refractivity contribution in [2.75, 3.05) is 0 Å². The Morgan fingerprint density at radius 3 is 1.83 bits per heavy atom. The van der Waals surface area contributed by atoms with Crippen molar-refractivity contribution in [3.63, 3.8) is 0 Å². The van der Waals surface area contributed by atoms with Gasteiger partial charge >= 0.3 is 0 Å². The van der Waals surface area contributed by atoms with E-state index in [0.29, 0.717) is 12.1 Å². The molecule has 3 aromatic rings. The average Bonchev–Trinajstić information content (AvgIpc) is 3.00. The van der Waals surface area contributed by atoms with Crippen LogP contribution in [0, 0.1) is 0 Å². The Morgan fingerprint density at radius 2 is 1.28 bits per heavy atom. The van der Waals surface area contributed by atoms with E-state index >= 15 is 0 Å². The van der Waals surface area contributed by atoms with Crippen molar-refractivity contribution in [3.8, 4) is 0 Å². The Morgan fingerprint density at radius 1 is 0.724 bits per heavy atom. The zero-order valence-corrected chi connectivity index (χ0v) is 17.6. The highest BCUT2D eigenvalue weighted by atomic mass is 31.1. The fraction of sp³-hybridized carbons (Fsp3) is 0.231. The van der Waals surface area contributed by atoms with Gasteiger partial charge in [0, 0.05) is 28.6 Å². The molecule has 5 rings (SSSR count). The average molecular weight is 394 g/mol. The third kappa shape index (κ3) is 4.25. The highest BCUT2D eigenvalue weighted by molar-refractivity contribution is 7.70. The zero-order chi connectivity index (χ0) is 18.8. The van der Waals surface area contributed by atoms with Crippen molar-refractivity contribution < 1.29 is 0 Å². The van der Waals surface area contributed by atoms with E-state index in [-0.39, 0.29) is 8.41 Å². The van der Waals surface area contributed by atoms with E-state index in [2.05, 4.69) is 102 Å². The summed E-state index contributed by atoms with van der Waals surface area (Å²) >= 11 is 0. The van der Waals surface area contributed by atoms with Gasteiger partial charge in [0.25, 0.3) is 0 Å². The van der Waals surface area contributed by atoms with Crippen molar-refractivity contribution >= 4 is 27.1 Å². The zero-order valence-electron chi connectivity index (χ0n) is 16.7. The van der Waals surface area contributed by atoms with E-state index in [1.807, 2.05) is 0 Å². The van der Waals surface area contributed by atoms with Crippen molar-refractivity contribution in [2.24, 2.45) is 0 Å². The molecule has 1 saturated heterocycles. The summed E-state index contributed by atoms with van der Waals surface area (Å²) < 4.78 is 2.86. The molecule has 143 valence electrons. The fourth-order valence-corrected chi connectivity index (χ4v) is 7.49. The molecule has 1 nitrogen and oxygen atoms in total. The molecule has 3 heteroatoms. The molecule has 0 saturated carbocycles. The first kappa shape index (κ1) is 20.1. The molecule has 2 aliphatic heterocycles. The highest BCUT2D eigenvalue weighted by Crippen LogP contribution is 2.50. The molecule has 0 unspecified atom stereocenters. The van der Waals surface area contributed by atoms with Crippen LogP contribution in [-0.2, 0) is 6.42 Å². The quantitative estimate of drug-likeness (QED) is 0.332. The van der Waals surface area contributed by atoms with E-state index in [1.165, 1.54) is 35.4 Å². The Hall–Kier alpha value is -2.15. The second-order valence-corrected chi connectivity index (χ2v) is 9.97. The lowest BCUT2D eigenvalue weighted by Gasteiger charge is -2.40. The monoisotopic (exact) mass is 394 g/mol. The predicted molar refractivity (Wildman–Crippen MR) is 126 cm³/mol. The Kier molecular flexibility index (Phi) is 6.33. The molecule has 2 aliphatic rings. The first-order valence-corrected chi connectivity index (χ1v) is 11.6. The second-order valence-electron chi connectivity index (χ2n) is 7.85. The minimum atomic E-state index is -0.475. The molecule has 0 N–H and O–H groups in total. The maximum atomic E-state index is 2.86. The number of nitrogens with zero attached hydrogens (tertiary/aromatic N) is 1. The second kappa shape index (κ2) is 9.12. The number of hydrogen-bond acceptors (Lipinski definition) is 1. The summed E-state index contributed by atoms with van der Waals surface area (Å²) in [6, 6.07) is 34.5. The molecule has 29 heavy (non-hydrogen) atoms. The van der Waals surface area contributed by atoms with Gasteiger partial charge in [-0.1, -0.05) is 103 Å². The van der Waals surface area contributed by atoms with Crippen LogP contribution in [0.25, 0.3) is 0 Å². The first-order chi connectivity index (χ1) is 13.9. The van der Waals surface area contributed by atoms with Gasteiger partial charge in [0.15, 0.2) is 0 Å². The van der Waals surface area contributed by atoms with E-state index in [0.717, 1.165) is 6.42 Å². The Labute approximate surface area is 177 Å². The standard InChI is InChI=1S/C26H26NP.B/c1-4-10-21(11-5-1)18-22-19-23-16-17-24(20-22)27(23)28(25-12-6-2-7-13-25)26-14-8-3-9-15-26;/h1-15,19,23-24H,16-18,20H2;/t23-,24+;/m1./s1. The maximum Gasteiger partial charge on any atom is 0.0327 e. The summed E-state index contributed by atoms with van der Waals surface area (Å²) in [5.41, 5.74) is 3.07. The van der Waals surface area contributed by atoms with Gasteiger partial charge in [0.05, 0.1) is 0 Å². The lowest BCUT2D eigenvalue weighted by atomic mass is 9.96. The minimum Gasteiger partial charge on any atom is -0.265 e. The predicted octanol–water partition coefficient (Wildman–Crippen LogP) is 5.06. The van der Waals surface area contributed by atoms with Crippen LogP contribution in [0.2, 0.25) is 0 Å². The van der Waals surface area contributed by atoms with Gasteiger partial charge < -0.3 is 0 Å². The van der Waals surface area contributed by atoms with Gasteiger partial charge in [-0.2, -0.15) is 0 Å². The van der Waals surface area contributed by atoms with Crippen LogP contribution < -0.4 is 10.6 Å². The number of hydrogen-bond donors (Lipinski definition) is 0. The molecule has 0 aliphatic carbocycles. The summed E-state index contributed by atoms with van der Waals surface area (Å²) in [7, 11) is -0.475. The molecule has 3 aromatic carbocycles. The van der Waals surface area contributed by atoms with Crippen molar-refractivity contribution in [3.05, 3.63) is 108 Å². The van der Waals surface area contributed by atoms with Crippen molar-refractivity contribution in [1.82, 2.24) is 4.67 Å². The summed E-state index contributed by atoms with van der Waals surface area (Å²) in [6.07, 6.45) is 7.53. The van der Waals surface area contributed by atoms with Gasteiger partial charge in [-0.05, 0) is 41.9 Å². The fourth-order valence-electron chi connectivity index (χ4n) is 4.75. The molecule has 0 amide bonds. The van der Waals surface area contributed by atoms with Crippen LogP contribution >= 0.6 is 8.07 Å². The van der Waals surface area contributed by atoms with Crippen LogP contribution in [0.5, 0.6) is 0 Å². The van der Waals surface area contributed by atoms with E-state index in [4.69, 9.17) is 0 Å². The smallest absolute Gasteiger partial charge is 0.0327 e. The lowest BCUT2D eigenvalue weighted by Crippen LogP contribution is -2.39. The van der Waals surface area contributed by atoms with E-state index in [9.17, 15) is 0 Å². The van der Waals surface area contributed by atoms with Crippen LogP contribution in [0.4, 0.5) is 0 Å². The van der Waals surface area contributed by atoms with Gasteiger partial charge in [-0.15, -0.1) is 0 Å². The van der Waals surface area contributed by atoms with Crippen molar-refractivity contribution in [2.45, 2.75) is 37.8 Å². The van der Waals surface area contributed by atoms with Crippen LogP contribution in [0.15, 0.2) is 103 Å². The molecule has 2 atom stereocenters. The summed E-state index contributed by atoms with van der Waals surface area (Å²) in [5.74, 6) is 0. The van der Waals surface area contributed by atoms with Gasteiger partial charge in [0.1, 0.15) is 0 Å². The van der Waals surface area contributed by atoms with E-state index < -0.39 is 8.07 Å². The number of rotatable bonds is 5. The molecule has 2 heterocycles. The molecule has 0 spiro atoms. The molecule has 3 radical (unpaired) electrons. The normalized spacial score (nSPS) is 20.9. The third-order valence-corrected chi connectivity index (χ3v) is 8.60. The third-order valence-electron chi connectivity index (χ3n) is 5.94. The van der Waals surface area contributed by atoms with Crippen molar-refractivity contribution in [1.29, 1.82) is 0 Å². The Bertz CT molecular complexity index is 903. The first-order valence-electron chi connectivity index (χ1n) is 10.3. The van der Waals surface area contributed by atoms with E-state index in [1.54, 1.807) is 5.57 Å². The minimum absolute atomic E-state index is 0. The Balaban J connectivity index is 0.00000205. The highest BCUT2D eigenvalue weighted by Gasteiger charge is 2.41. The maximum absolute atomic E-state index is 2.86. The molecule has 0 aromatic heterocycles. The van der Waals surface area contributed by atoms with Gasteiger partial charge in [-0.25, -0.2) is 0 Å². The number of benzene rings is 3. The summed E-state index contributed by atoms with van der Waals surface area (Å²) in [6.45, 7) is 0. The largest absolute Gasteiger partial charge is 0.265 e. The molecule has 2 bridgehead atoms. The molecule has 1 fully saturated rings. The number of fused-ring (bicyclic) bond motifs is 2. The molecular formula is C26H26BNP. The summed E-state index contributed by atoms with van der Waals surface area (Å²) in [4.78, 5) is 0. The SMILES string of the molecule is C1=C(Cc2ccccc2)C[C@@H]2CC[C@H]1N2P(c1ccccc1)c1ccccc1.[B]. The molecular weight excluding hydrogens is 368 g/mol. The van der Waals surface area contributed by atoms with Crippen LogP contribution in [-0.4, -0.2) is 25.2 Å². The van der Waals surface area contributed by atoms with Gasteiger partial charge in [0.2, 0.25) is 0 Å². The van der Waals surface area contributed by atoms with Crippen LogP contribution in [0.1, 0.15) is 24.8 Å². The van der Waals surface area contributed by atoms with Crippen LogP contribution in [0.3, 0.4) is 0 Å².